The maximum absolute atomic E-state index is 12.4. The molecule has 12 aromatic rings. The molecule has 0 aromatic heterocycles. The smallest absolute Gasteiger partial charge is 0.307 e. The Morgan fingerprint density at radius 3 is 1.62 bits per heavy atom. The van der Waals surface area contributed by atoms with Crippen molar-refractivity contribution in [2.75, 3.05) is 39.6 Å². The first-order chi connectivity index (χ1) is 58.7. The lowest BCUT2D eigenvalue weighted by molar-refractivity contribution is -0.145. The van der Waals surface area contributed by atoms with Crippen LogP contribution in [0.3, 0.4) is 0 Å². The third-order valence-electron chi connectivity index (χ3n) is 20.3. The normalized spacial score (nSPS) is 17.3. The van der Waals surface area contributed by atoms with Crippen molar-refractivity contribution in [3.05, 3.63) is 308 Å². The van der Waals surface area contributed by atoms with Crippen LogP contribution in [0.25, 0.3) is 32.3 Å². The minimum atomic E-state index is -1.00. The number of halogens is 2. The predicted molar refractivity (Wildman–Crippen MR) is 457 cm³/mol. The van der Waals surface area contributed by atoms with Crippen LogP contribution in [0.2, 0.25) is 10.0 Å². The number of rotatable bonds is 5. The van der Waals surface area contributed by atoms with Gasteiger partial charge in [0, 0.05) is 53.6 Å². The van der Waals surface area contributed by atoms with Crippen molar-refractivity contribution in [2.45, 2.75) is 90.1 Å². The molecule has 8 aliphatic heterocycles. The molecule has 4 unspecified atom stereocenters. The number of hydrogen-bond acceptors (Lipinski definition) is 21. The number of aryl methyl sites for hydroxylation is 1. The number of carboxylic acids is 1. The first-order valence-corrected chi connectivity index (χ1v) is 40.0. The highest BCUT2D eigenvalue weighted by molar-refractivity contribution is 6.31. The van der Waals surface area contributed by atoms with Crippen molar-refractivity contribution < 1.29 is 106 Å². The molecule has 0 saturated heterocycles. The van der Waals surface area contributed by atoms with Gasteiger partial charge in [-0.05, 0) is 150 Å². The van der Waals surface area contributed by atoms with Gasteiger partial charge < -0.3 is 52.8 Å². The molecule has 4 atom stereocenters. The minimum Gasteiger partial charge on any atom is -0.492 e. The van der Waals surface area contributed by atoms with Crippen LogP contribution >= 0.6 is 23.2 Å². The number of aliphatic hydroxyl groups excluding tert-OH is 1. The first kappa shape index (κ1) is 86.2. The Kier molecular flexibility index (Phi) is 27.6. The molecule has 0 amide bonds. The first-order valence-electron chi connectivity index (χ1n) is 39.3. The van der Waals surface area contributed by atoms with Gasteiger partial charge in [0.15, 0.2) is 58.5 Å². The number of carbonyl (C=O) groups is 11. The Balaban J connectivity index is 0.000000121. The van der Waals surface area contributed by atoms with Crippen molar-refractivity contribution in [3.8, 4) is 46.0 Å². The SMILES string of the molecule is CC(=O)OC1COc2ccccc2C1=O.CC1(C)CC(=O)c2cc(Cl)ccc2O1.Cc1ccc2c(c1)OCC(C(=O)c1ccccc1)C2=O.O=C(O)CC1CC(=O)c2cc(Cl)ccc2O1.O=C1CCOc2c1ccc1ccccc21.O=C1CCOc2cc3ccccc3cc21.O=C1CCOc2ccc3ccccc3c21.O=C1c2ccccc2OCC1O. The number of hydrogen-bond donors (Lipinski definition) is 2. The average Bonchev–Trinajstić information content (AvgIpc) is 0.790. The van der Waals surface area contributed by atoms with Gasteiger partial charge in [0.1, 0.15) is 83.4 Å². The molecule has 0 saturated carbocycles. The largest absolute Gasteiger partial charge is 0.492 e. The van der Waals surface area contributed by atoms with E-state index in [0.29, 0.717) is 118 Å². The fraction of sp³-hybridized carbons (Fsp3) is 0.214. The molecule has 0 spiro atoms. The quantitative estimate of drug-likeness (QED) is 0.0918. The van der Waals surface area contributed by atoms with Crippen LogP contribution in [0, 0.1) is 12.8 Å². The summed E-state index contributed by atoms with van der Waals surface area (Å²) in [5, 5.41) is 25.3. The highest BCUT2D eigenvalue weighted by Crippen LogP contribution is 2.39. The molecular formula is C98H82Cl2O22. The molecule has 122 heavy (non-hydrogen) atoms. The summed E-state index contributed by atoms with van der Waals surface area (Å²) >= 11 is 11.6. The van der Waals surface area contributed by atoms with E-state index in [1.54, 1.807) is 109 Å². The van der Waals surface area contributed by atoms with Crippen molar-refractivity contribution in [1.29, 1.82) is 0 Å². The predicted octanol–water partition coefficient (Wildman–Crippen LogP) is 18.5. The Bertz CT molecular complexity index is 6050. The molecule has 2 N–H and O–H groups in total. The average molecular weight is 1680 g/mol. The van der Waals surface area contributed by atoms with Gasteiger partial charge in [0.2, 0.25) is 5.78 Å². The zero-order valence-electron chi connectivity index (χ0n) is 66.7. The molecule has 8 aliphatic rings. The lowest BCUT2D eigenvalue weighted by Gasteiger charge is -2.31. The molecule has 0 fully saturated rings. The van der Waals surface area contributed by atoms with E-state index in [4.69, 9.17) is 76.0 Å². The van der Waals surface area contributed by atoms with Crippen LogP contribution in [-0.2, 0) is 14.3 Å². The fourth-order valence-corrected chi connectivity index (χ4v) is 14.7. The van der Waals surface area contributed by atoms with Gasteiger partial charge in [-0.1, -0.05) is 169 Å². The van der Waals surface area contributed by atoms with Crippen molar-refractivity contribution in [3.63, 3.8) is 0 Å². The third kappa shape index (κ3) is 20.9. The lowest BCUT2D eigenvalue weighted by atomic mass is 9.88. The number of ketones is 9. The zero-order valence-corrected chi connectivity index (χ0v) is 68.2. The highest BCUT2D eigenvalue weighted by Gasteiger charge is 2.37. The van der Waals surface area contributed by atoms with E-state index in [0.717, 1.165) is 71.8 Å². The van der Waals surface area contributed by atoms with Crippen LogP contribution < -0.4 is 37.9 Å². The van der Waals surface area contributed by atoms with E-state index < -0.39 is 41.8 Å². The molecule has 24 heteroatoms. The number of fused-ring (bicyclic) bond motifs is 13. The number of carbonyl (C=O) groups excluding carboxylic acids is 10. The topological polar surface area (TPSA) is 311 Å². The molecular weight excluding hydrogens is 1600 g/mol. The molecule has 0 bridgehead atoms. The second-order valence-corrected chi connectivity index (χ2v) is 30.6. The van der Waals surface area contributed by atoms with E-state index in [2.05, 4.69) is 0 Å². The second-order valence-electron chi connectivity index (χ2n) is 29.7. The standard InChI is InChI=1S/C17H14O3.3C13H10O2.C11H9ClO4.C11H11ClO2.C11H10O4.C9H8O3/c1-11-7-8-13-15(9-11)20-10-14(17(13)19)16(18)12-5-3-2-4-6-12;14-12-5-6-15-13-8-10-4-2-1-3-9(10)7-11(12)13;14-11-7-8-15-12-6-5-9-3-1-2-4-10(9)13(11)12;14-12-7-8-15-13-10-4-2-1-3-9(10)5-6-11(12)13;12-6-1-2-10-8(3-6)9(13)4-7(16-10)5-11(14)15;1-11(2)6-9(13)8-5-7(12)3-4-10(8)14-11;1-7(12)15-10-6-14-9-5-3-2-4-8(9)11(10)13;10-7-5-12-8-4-2-1-3-6(8)9(7)11/h2-9,14H,10H2,1H3;1-4,7-8H,5-6H2;2*1-6H,7-8H2;1-3,7H,4-5H2,(H,14,15);3-5H,6H2,1-2H3;2-5,10H,6H2,1H3;1-4,7,10H,5H2. The number of aliphatic carboxylic acids is 1. The summed E-state index contributed by atoms with van der Waals surface area (Å²) in [7, 11) is 0. The van der Waals surface area contributed by atoms with Gasteiger partial charge >= 0.3 is 11.9 Å². The van der Waals surface area contributed by atoms with Gasteiger partial charge in [-0.2, -0.15) is 0 Å². The van der Waals surface area contributed by atoms with E-state index in [-0.39, 0.29) is 84.7 Å². The summed E-state index contributed by atoms with van der Waals surface area (Å²) in [6.07, 6.45) is -0.609. The summed E-state index contributed by atoms with van der Waals surface area (Å²) in [4.78, 5) is 128. The molecule has 0 aliphatic carbocycles. The summed E-state index contributed by atoms with van der Waals surface area (Å²) in [5.74, 6) is 2.48. The second kappa shape index (κ2) is 39.0. The lowest BCUT2D eigenvalue weighted by Crippen LogP contribution is -2.36. The summed E-state index contributed by atoms with van der Waals surface area (Å²) in [5.41, 5.74) is 5.82. The van der Waals surface area contributed by atoms with Gasteiger partial charge in [0.25, 0.3) is 0 Å². The van der Waals surface area contributed by atoms with Gasteiger partial charge in [0.05, 0.1) is 77.2 Å². The highest BCUT2D eigenvalue weighted by atomic mass is 35.5. The Morgan fingerprint density at radius 2 is 0.943 bits per heavy atom. The van der Waals surface area contributed by atoms with Crippen LogP contribution in [0.15, 0.2) is 243 Å². The summed E-state index contributed by atoms with van der Waals surface area (Å²) in [6, 6.07) is 73.4. The van der Waals surface area contributed by atoms with Gasteiger partial charge in [-0.3, -0.25) is 52.7 Å². The van der Waals surface area contributed by atoms with E-state index >= 15 is 0 Å². The maximum Gasteiger partial charge on any atom is 0.307 e. The third-order valence-corrected chi connectivity index (χ3v) is 20.8. The van der Waals surface area contributed by atoms with E-state index in [1.807, 2.05) is 148 Å². The number of benzene rings is 12. The monoisotopic (exact) mass is 1680 g/mol. The van der Waals surface area contributed by atoms with Crippen LogP contribution in [0.5, 0.6) is 46.0 Å². The van der Waals surface area contributed by atoms with Crippen molar-refractivity contribution >= 4 is 120 Å². The van der Waals surface area contributed by atoms with Gasteiger partial charge in [-0.25, -0.2) is 0 Å². The summed E-state index contributed by atoms with van der Waals surface area (Å²) < 4.78 is 48.5. The van der Waals surface area contributed by atoms with Crippen molar-refractivity contribution in [1.82, 2.24) is 0 Å². The zero-order chi connectivity index (χ0) is 86.3. The van der Waals surface area contributed by atoms with Crippen LogP contribution in [0.4, 0.5) is 0 Å². The van der Waals surface area contributed by atoms with E-state index in [1.165, 1.54) is 13.0 Å². The number of ether oxygens (including phenoxy) is 9. The molecule has 0 radical (unpaired) electrons. The number of carboxylic acid groups (broad SMARTS) is 1. The number of aliphatic hydroxyl groups is 1. The number of esters is 1. The Morgan fingerprint density at radius 1 is 0.434 bits per heavy atom. The molecule has 8 heterocycles. The molecule has 12 aromatic carbocycles. The molecule has 620 valence electrons. The fourth-order valence-electron chi connectivity index (χ4n) is 14.4. The van der Waals surface area contributed by atoms with Gasteiger partial charge in [-0.15, -0.1) is 0 Å². The van der Waals surface area contributed by atoms with Crippen LogP contribution in [-0.4, -0.2) is 138 Å². The molecule has 22 nitrogen and oxygen atoms in total. The minimum absolute atomic E-state index is 0.0653. The Hall–Kier alpha value is -13.7. The molecule has 20 rings (SSSR count). The van der Waals surface area contributed by atoms with Crippen molar-refractivity contribution in [2.24, 2.45) is 5.92 Å². The maximum atomic E-state index is 12.4. The Labute approximate surface area is 711 Å². The van der Waals surface area contributed by atoms with E-state index in [9.17, 15) is 52.7 Å². The summed E-state index contributed by atoms with van der Waals surface area (Å²) in [6.45, 7) is 8.80. The number of Topliss-reactive ketones (excluding diaryl/α,β-unsaturated/α-hetero) is 9. The number of para-hydroxylation sites is 2. The van der Waals surface area contributed by atoms with Crippen LogP contribution in [0.1, 0.15) is 158 Å².